The Labute approximate surface area is 122 Å². The number of rotatable bonds is 5. The summed E-state index contributed by atoms with van der Waals surface area (Å²) in [6, 6.07) is 8.78. The molecule has 100 valence electrons. The molecule has 0 aliphatic heterocycles. The van der Waals surface area contributed by atoms with Crippen molar-refractivity contribution in [1.29, 1.82) is 0 Å². The van der Waals surface area contributed by atoms with Gasteiger partial charge < -0.3 is 9.73 Å². The molecule has 1 aromatic carbocycles. The van der Waals surface area contributed by atoms with Gasteiger partial charge in [-0.1, -0.05) is 35.5 Å². The maximum atomic E-state index is 6.35. The standard InChI is InChI=1S/C15H16ClNOS/c1-10-14(7-8-18-10)19-15-11(3-2-4-13(15)16)9-17-12-5-6-12/h2-4,7-8,12,17H,5-6,9H2,1H3. The summed E-state index contributed by atoms with van der Waals surface area (Å²) in [4.78, 5) is 2.25. The number of halogens is 1. The quantitative estimate of drug-likeness (QED) is 0.869. The highest BCUT2D eigenvalue weighted by Gasteiger charge is 2.21. The van der Waals surface area contributed by atoms with E-state index in [4.69, 9.17) is 16.0 Å². The lowest BCUT2D eigenvalue weighted by Crippen LogP contribution is -2.15. The lowest BCUT2D eigenvalue weighted by Gasteiger charge is -2.11. The van der Waals surface area contributed by atoms with Crippen LogP contribution in [0.1, 0.15) is 24.2 Å². The summed E-state index contributed by atoms with van der Waals surface area (Å²) in [5, 5.41) is 4.35. The monoisotopic (exact) mass is 293 g/mol. The second-order valence-electron chi connectivity index (χ2n) is 4.83. The van der Waals surface area contributed by atoms with Gasteiger partial charge in [-0.25, -0.2) is 0 Å². The molecular weight excluding hydrogens is 278 g/mol. The first-order valence-electron chi connectivity index (χ1n) is 6.47. The molecule has 19 heavy (non-hydrogen) atoms. The van der Waals surface area contributed by atoms with Crippen LogP contribution in [-0.2, 0) is 6.54 Å². The summed E-state index contributed by atoms with van der Waals surface area (Å²) in [6.07, 6.45) is 4.31. The van der Waals surface area contributed by atoms with E-state index < -0.39 is 0 Å². The van der Waals surface area contributed by atoms with E-state index in [0.29, 0.717) is 6.04 Å². The van der Waals surface area contributed by atoms with Crippen molar-refractivity contribution in [1.82, 2.24) is 5.32 Å². The zero-order chi connectivity index (χ0) is 13.2. The van der Waals surface area contributed by atoms with Gasteiger partial charge in [0.25, 0.3) is 0 Å². The average Bonchev–Trinajstić information content (AvgIpc) is 3.14. The Bertz CT molecular complexity index is 577. The highest BCUT2D eigenvalue weighted by molar-refractivity contribution is 7.99. The number of benzene rings is 1. The third-order valence-electron chi connectivity index (χ3n) is 3.23. The molecule has 2 aromatic rings. The van der Waals surface area contributed by atoms with Crippen LogP contribution in [0.25, 0.3) is 0 Å². The molecule has 0 spiro atoms. The molecule has 1 N–H and O–H groups in total. The smallest absolute Gasteiger partial charge is 0.114 e. The van der Waals surface area contributed by atoms with Gasteiger partial charge in [-0.05, 0) is 37.5 Å². The van der Waals surface area contributed by atoms with Crippen molar-refractivity contribution in [2.75, 3.05) is 0 Å². The summed E-state index contributed by atoms with van der Waals surface area (Å²) in [5.74, 6) is 0.936. The third kappa shape index (κ3) is 3.16. The van der Waals surface area contributed by atoms with E-state index in [2.05, 4.69) is 11.4 Å². The fraction of sp³-hybridized carbons (Fsp3) is 0.333. The second kappa shape index (κ2) is 5.61. The molecule has 0 bridgehead atoms. The van der Waals surface area contributed by atoms with Crippen LogP contribution in [0.2, 0.25) is 5.02 Å². The third-order valence-corrected chi connectivity index (χ3v) is 4.99. The van der Waals surface area contributed by atoms with Gasteiger partial charge in [0.2, 0.25) is 0 Å². The van der Waals surface area contributed by atoms with Gasteiger partial charge in [-0.15, -0.1) is 0 Å². The zero-order valence-electron chi connectivity index (χ0n) is 10.8. The number of furan rings is 1. The van der Waals surface area contributed by atoms with Gasteiger partial charge >= 0.3 is 0 Å². The summed E-state index contributed by atoms with van der Waals surface area (Å²) >= 11 is 8.03. The van der Waals surface area contributed by atoms with E-state index in [0.717, 1.165) is 27.1 Å². The largest absolute Gasteiger partial charge is 0.468 e. The fourth-order valence-corrected chi connectivity index (χ4v) is 3.22. The molecule has 3 rings (SSSR count). The Morgan fingerprint density at radius 1 is 1.37 bits per heavy atom. The Morgan fingerprint density at radius 2 is 2.21 bits per heavy atom. The Hall–Kier alpha value is -0.900. The van der Waals surface area contributed by atoms with Crippen LogP contribution >= 0.6 is 23.4 Å². The summed E-state index contributed by atoms with van der Waals surface area (Å²) < 4.78 is 5.35. The van der Waals surface area contributed by atoms with Crippen molar-refractivity contribution in [3.05, 3.63) is 46.9 Å². The summed E-state index contributed by atoms with van der Waals surface area (Å²) in [7, 11) is 0. The first-order chi connectivity index (χ1) is 9.24. The molecule has 0 atom stereocenters. The van der Waals surface area contributed by atoms with E-state index in [1.165, 1.54) is 18.4 Å². The molecule has 1 aliphatic carbocycles. The van der Waals surface area contributed by atoms with Crippen LogP contribution < -0.4 is 5.32 Å². The van der Waals surface area contributed by atoms with Crippen LogP contribution in [0.15, 0.2) is 44.7 Å². The maximum Gasteiger partial charge on any atom is 0.114 e. The number of nitrogens with one attached hydrogen (secondary N) is 1. The predicted molar refractivity (Wildman–Crippen MR) is 78.9 cm³/mol. The molecule has 1 saturated carbocycles. The van der Waals surface area contributed by atoms with Crippen LogP contribution in [0.4, 0.5) is 0 Å². The van der Waals surface area contributed by atoms with Gasteiger partial charge in [0.15, 0.2) is 0 Å². The van der Waals surface area contributed by atoms with Gasteiger partial charge in [0.05, 0.1) is 16.2 Å². The van der Waals surface area contributed by atoms with Gasteiger partial charge in [-0.2, -0.15) is 0 Å². The minimum absolute atomic E-state index is 0.701. The molecule has 4 heteroatoms. The number of aryl methyl sites for hydroxylation is 1. The molecule has 0 amide bonds. The molecule has 1 fully saturated rings. The van der Waals surface area contributed by atoms with Gasteiger partial charge in [-0.3, -0.25) is 0 Å². The lowest BCUT2D eigenvalue weighted by molar-refractivity contribution is 0.527. The molecule has 1 aliphatic rings. The average molecular weight is 294 g/mol. The zero-order valence-corrected chi connectivity index (χ0v) is 12.4. The van der Waals surface area contributed by atoms with E-state index in [9.17, 15) is 0 Å². The van der Waals surface area contributed by atoms with Crippen LogP contribution in [0.5, 0.6) is 0 Å². The van der Waals surface area contributed by atoms with Crippen molar-refractivity contribution in [3.8, 4) is 0 Å². The Balaban J connectivity index is 1.83. The number of hydrogen-bond acceptors (Lipinski definition) is 3. The van der Waals surface area contributed by atoms with E-state index >= 15 is 0 Å². The normalized spacial score (nSPS) is 14.8. The highest BCUT2D eigenvalue weighted by atomic mass is 35.5. The first-order valence-corrected chi connectivity index (χ1v) is 7.66. The van der Waals surface area contributed by atoms with Crippen LogP contribution in [0.3, 0.4) is 0 Å². The van der Waals surface area contributed by atoms with E-state index in [1.807, 2.05) is 25.1 Å². The summed E-state index contributed by atoms with van der Waals surface area (Å²) in [5.41, 5.74) is 1.25. The van der Waals surface area contributed by atoms with Crippen molar-refractivity contribution in [2.24, 2.45) is 0 Å². The first kappa shape index (κ1) is 13.1. The SMILES string of the molecule is Cc1occc1Sc1c(Cl)cccc1CNC1CC1. The lowest BCUT2D eigenvalue weighted by atomic mass is 10.2. The molecule has 0 radical (unpaired) electrons. The summed E-state index contributed by atoms with van der Waals surface area (Å²) in [6.45, 7) is 2.85. The van der Waals surface area contributed by atoms with Crippen LogP contribution in [0, 0.1) is 6.92 Å². The molecule has 2 nitrogen and oxygen atoms in total. The van der Waals surface area contributed by atoms with Crippen molar-refractivity contribution >= 4 is 23.4 Å². The maximum absolute atomic E-state index is 6.35. The minimum atomic E-state index is 0.701. The van der Waals surface area contributed by atoms with Gasteiger partial charge in [0, 0.05) is 17.5 Å². The second-order valence-corrected chi connectivity index (χ2v) is 6.29. The van der Waals surface area contributed by atoms with Gasteiger partial charge in [0.1, 0.15) is 5.76 Å². The van der Waals surface area contributed by atoms with E-state index in [-0.39, 0.29) is 0 Å². The van der Waals surface area contributed by atoms with E-state index in [1.54, 1.807) is 18.0 Å². The van der Waals surface area contributed by atoms with Crippen molar-refractivity contribution in [3.63, 3.8) is 0 Å². The minimum Gasteiger partial charge on any atom is -0.468 e. The number of hydrogen-bond donors (Lipinski definition) is 1. The topological polar surface area (TPSA) is 25.2 Å². The molecule has 1 aromatic heterocycles. The van der Waals surface area contributed by atoms with Crippen molar-refractivity contribution in [2.45, 2.75) is 42.1 Å². The van der Waals surface area contributed by atoms with Crippen molar-refractivity contribution < 1.29 is 4.42 Å². The molecule has 0 saturated heterocycles. The Kier molecular flexibility index (Phi) is 3.87. The molecule has 1 heterocycles. The fourth-order valence-electron chi connectivity index (χ4n) is 1.94. The molecular formula is C15H16ClNOS. The predicted octanol–water partition coefficient (Wildman–Crippen LogP) is 4.64. The highest BCUT2D eigenvalue weighted by Crippen LogP contribution is 2.38. The Morgan fingerprint density at radius 3 is 2.89 bits per heavy atom. The van der Waals surface area contributed by atoms with Crippen LogP contribution in [-0.4, -0.2) is 6.04 Å². The molecule has 0 unspecified atom stereocenters.